The minimum Gasteiger partial charge on any atom is -0.494 e. The van der Waals surface area contributed by atoms with Crippen molar-refractivity contribution in [1.82, 2.24) is 4.98 Å². The predicted octanol–water partition coefficient (Wildman–Crippen LogP) is 3.75. The summed E-state index contributed by atoms with van der Waals surface area (Å²) in [6.07, 6.45) is 3.90. The number of ether oxygens (including phenoxy) is 1. The van der Waals surface area contributed by atoms with Gasteiger partial charge in [-0.1, -0.05) is 18.2 Å². The van der Waals surface area contributed by atoms with E-state index in [-0.39, 0.29) is 5.91 Å². The number of aromatic nitrogens is 1. The molecular weight excluding hydrogens is 290 g/mol. The Balaban J connectivity index is 2.19. The first-order valence-corrected chi connectivity index (χ1v) is 7.33. The number of hydrogen-bond acceptors (Lipinski definition) is 4. The van der Waals surface area contributed by atoms with Gasteiger partial charge in [-0.15, -0.1) is 0 Å². The lowest BCUT2D eigenvalue weighted by Gasteiger charge is -2.21. The van der Waals surface area contributed by atoms with Crippen molar-refractivity contribution in [2.75, 3.05) is 17.7 Å². The molecule has 0 fully saturated rings. The van der Waals surface area contributed by atoms with Crippen LogP contribution < -0.4 is 15.4 Å². The Morgan fingerprint density at radius 2 is 2.13 bits per heavy atom. The van der Waals surface area contributed by atoms with E-state index in [4.69, 9.17) is 9.72 Å². The SMILES string of the molecule is COc1cc(NC(C)=O)c2c3c(c4ccccc4nc13)C=CN2. The number of anilines is 2. The van der Waals surface area contributed by atoms with Crippen LogP contribution in [0.1, 0.15) is 12.5 Å². The molecule has 0 spiro atoms. The van der Waals surface area contributed by atoms with Crippen LogP contribution in [0, 0.1) is 0 Å². The van der Waals surface area contributed by atoms with E-state index in [1.54, 1.807) is 13.2 Å². The van der Waals surface area contributed by atoms with E-state index in [0.717, 1.165) is 33.1 Å². The van der Waals surface area contributed by atoms with Crippen LogP contribution in [0.3, 0.4) is 0 Å². The van der Waals surface area contributed by atoms with Gasteiger partial charge in [0, 0.05) is 30.0 Å². The third-order valence-electron chi connectivity index (χ3n) is 3.97. The summed E-state index contributed by atoms with van der Waals surface area (Å²) in [4.78, 5) is 16.3. The van der Waals surface area contributed by atoms with Gasteiger partial charge in [0.2, 0.25) is 5.91 Å². The maximum absolute atomic E-state index is 11.5. The van der Waals surface area contributed by atoms with Gasteiger partial charge in [-0.2, -0.15) is 0 Å². The van der Waals surface area contributed by atoms with Gasteiger partial charge in [0.05, 0.1) is 24.0 Å². The number of hydrogen-bond donors (Lipinski definition) is 2. The third-order valence-corrected chi connectivity index (χ3v) is 3.97. The van der Waals surface area contributed by atoms with Gasteiger partial charge in [-0.25, -0.2) is 4.98 Å². The first-order valence-electron chi connectivity index (χ1n) is 7.33. The minimum absolute atomic E-state index is 0.130. The van der Waals surface area contributed by atoms with Gasteiger partial charge in [-0.3, -0.25) is 4.79 Å². The molecule has 2 heterocycles. The van der Waals surface area contributed by atoms with Gasteiger partial charge >= 0.3 is 0 Å². The Labute approximate surface area is 133 Å². The number of nitrogens with one attached hydrogen (secondary N) is 2. The van der Waals surface area contributed by atoms with Crippen molar-refractivity contribution in [1.29, 1.82) is 0 Å². The summed E-state index contributed by atoms with van der Waals surface area (Å²) in [7, 11) is 1.61. The van der Waals surface area contributed by atoms with Crippen LogP contribution in [0.15, 0.2) is 36.5 Å². The van der Waals surface area contributed by atoms with E-state index in [1.807, 2.05) is 36.5 Å². The van der Waals surface area contributed by atoms with Gasteiger partial charge in [-0.05, 0) is 17.7 Å². The van der Waals surface area contributed by atoms with Crippen LogP contribution in [-0.4, -0.2) is 18.0 Å². The fourth-order valence-corrected chi connectivity index (χ4v) is 3.05. The van der Waals surface area contributed by atoms with E-state index in [2.05, 4.69) is 10.6 Å². The molecule has 4 rings (SSSR count). The van der Waals surface area contributed by atoms with Crippen LogP contribution in [-0.2, 0) is 4.79 Å². The molecule has 0 radical (unpaired) electrons. The number of benzene rings is 2. The Hall–Kier alpha value is -3.08. The smallest absolute Gasteiger partial charge is 0.221 e. The second-order valence-electron chi connectivity index (χ2n) is 5.43. The van der Waals surface area contributed by atoms with Crippen LogP contribution in [0.25, 0.3) is 27.9 Å². The van der Waals surface area contributed by atoms with Gasteiger partial charge in [0.1, 0.15) is 11.3 Å². The zero-order valence-corrected chi connectivity index (χ0v) is 12.8. The minimum atomic E-state index is -0.130. The molecule has 0 unspecified atom stereocenters. The van der Waals surface area contributed by atoms with E-state index in [0.29, 0.717) is 11.4 Å². The quantitative estimate of drug-likeness (QED) is 0.708. The summed E-state index contributed by atoms with van der Waals surface area (Å²) in [5.41, 5.74) is 4.29. The lowest BCUT2D eigenvalue weighted by molar-refractivity contribution is -0.114. The normalized spacial score (nSPS) is 12.3. The zero-order valence-electron chi connectivity index (χ0n) is 12.8. The van der Waals surface area contributed by atoms with Crippen molar-refractivity contribution >= 4 is 45.2 Å². The second kappa shape index (κ2) is 4.98. The van der Waals surface area contributed by atoms with Crippen LogP contribution in [0.5, 0.6) is 5.75 Å². The average molecular weight is 305 g/mol. The Morgan fingerprint density at radius 3 is 2.91 bits per heavy atom. The highest BCUT2D eigenvalue weighted by Crippen LogP contribution is 2.43. The summed E-state index contributed by atoms with van der Waals surface area (Å²) in [6, 6.07) is 9.81. The molecule has 1 amide bonds. The lowest BCUT2D eigenvalue weighted by atomic mass is 9.98. The maximum Gasteiger partial charge on any atom is 0.221 e. The first kappa shape index (κ1) is 13.6. The zero-order chi connectivity index (χ0) is 16.0. The van der Waals surface area contributed by atoms with Crippen molar-refractivity contribution in [2.24, 2.45) is 0 Å². The molecule has 5 nitrogen and oxygen atoms in total. The molecule has 23 heavy (non-hydrogen) atoms. The monoisotopic (exact) mass is 305 g/mol. The number of fused-ring (bicyclic) bond motifs is 2. The number of pyridine rings is 1. The highest BCUT2D eigenvalue weighted by molar-refractivity contribution is 6.15. The average Bonchev–Trinajstić information content (AvgIpc) is 2.57. The second-order valence-corrected chi connectivity index (χ2v) is 5.43. The summed E-state index contributed by atoms with van der Waals surface area (Å²) in [6.45, 7) is 1.49. The fourth-order valence-electron chi connectivity index (χ4n) is 3.05. The Bertz CT molecular complexity index is 993. The van der Waals surface area contributed by atoms with Gasteiger partial charge < -0.3 is 15.4 Å². The predicted molar refractivity (Wildman–Crippen MR) is 92.8 cm³/mol. The van der Waals surface area contributed by atoms with Gasteiger partial charge in [0.15, 0.2) is 0 Å². The van der Waals surface area contributed by atoms with E-state index >= 15 is 0 Å². The Morgan fingerprint density at radius 1 is 1.30 bits per heavy atom. The van der Waals surface area contributed by atoms with Crippen molar-refractivity contribution in [2.45, 2.75) is 6.92 Å². The molecule has 0 aliphatic carbocycles. The molecule has 2 aromatic carbocycles. The molecule has 114 valence electrons. The number of carbonyl (C=O) groups excluding carboxylic acids is 1. The Kier molecular flexibility index (Phi) is 2.94. The topological polar surface area (TPSA) is 63.2 Å². The standard InChI is InChI=1S/C18H15N3O2/c1-10(22)20-14-9-15(23-2)18-16-12(7-8-19-17(14)16)11-5-3-4-6-13(11)21-18/h3-9,19H,1-2H3,(H,20,22). The largest absolute Gasteiger partial charge is 0.494 e. The number of amides is 1. The molecule has 2 N–H and O–H groups in total. The highest BCUT2D eigenvalue weighted by Gasteiger charge is 2.20. The van der Waals surface area contributed by atoms with Crippen LogP contribution in [0.4, 0.5) is 11.4 Å². The molecular formula is C18H15N3O2. The van der Waals surface area contributed by atoms with E-state index < -0.39 is 0 Å². The molecule has 0 atom stereocenters. The van der Waals surface area contributed by atoms with Crippen LogP contribution in [0.2, 0.25) is 0 Å². The fraction of sp³-hybridized carbons (Fsp3) is 0.111. The van der Waals surface area contributed by atoms with Crippen LogP contribution >= 0.6 is 0 Å². The number of rotatable bonds is 2. The molecule has 1 aliphatic heterocycles. The third kappa shape index (κ3) is 2.01. The summed E-state index contributed by atoms with van der Waals surface area (Å²) in [5.74, 6) is 0.505. The number of carbonyl (C=O) groups is 1. The van der Waals surface area contributed by atoms with Crippen molar-refractivity contribution in [3.8, 4) is 5.75 Å². The molecule has 1 aromatic heterocycles. The first-order chi connectivity index (χ1) is 11.2. The van der Waals surface area contributed by atoms with Crippen molar-refractivity contribution in [3.63, 3.8) is 0 Å². The van der Waals surface area contributed by atoms with Crippen molar-refractivity contribution in [3.05, 3.63) is 42.1 Å². The number of nitrogens with zero attached hydrogens (tertiary/aromatic N) is 1. The summed E-state index contributed by atoms with van der Waals surface area (Å²) >= 11 is 0. The number of methoxy groups -OCH3 is 1. The van der Waals surface area contributed by atoms with E-state index in [1.165, 1.54) is 6.92 Å². The lowest BCUT2D eigenvalue weighted by Crippen LogP contribution is -2.10. The summed E-state index contributed by atoms with van der Waals surface area (Å²) in [5, 5.41) is 8.11. The number of para-hydroxylation sites is 1. The maximum atomic E-state index is 11.5. The van der Waals surface area contributed by atoms with Gasteiger partial charge in [0.25, 0.3) is 0 Å². The van der Waals surface area contributed by atoms with Crippen molar-refractivity contribution < 1.29 is 9.53 Å². The molecule has 0 bridgehead atoms. The summed E-state index contributed by atoms with van der Waals surface area (Å²) < 4.78 is 5.51. The molecule has 0 saturated heterocycles. The molecule has 0 saturated carbocycles. The van der Waals surface area contributed by atoms with E-state index in [9.17, 15) is 4.79 Å². The molecule has 3 aromatic rings. The molecule has 5 heteroatoms. The highest BCUT2D eigenvalue weighted by atomic mass is 16.5. The molecule has 1 aliphatic rings.